The van der Waals surface area contributed by atoms with Crippen LogP contribution < -0.4 is 5.56 Å². The van der Waals surface area contributed by atoms with Gasteiger partial charge in [-0.05, 0) is 12.1 Å². The van der Waals surface area contributed by atoms with Crippen LogP contribution in [-0.4, -0.2) is 4.37 Å². The standard InChI is InChI=1S/C7H5NOS/c9-7-5-3-1-2-4-6(5)10-8-7/h1-4H,(H,8,9)/i7+2. The summed E-state index contributed by atoms with van der Waals surface area (Å²) in [5.74, 6) is 0. The third kappa shape index (κ3) is 0.675. The number of fused-ring (bicyclic) bond motifs is 1. The zero-order chi connectivity index (χ0) is 6.97. The van der Waals surface area contributed by atoms with Gasteiger partial charge in [0.25, 0.3) is 5.56 Å². The second-order valence-corrected chi connectivity index (χ2v) is 2.88. The lowest BCUT2D eigenvalue weighted by atomic mass is 10.3. The largest absolute Gasteiger partial charge is 0.277 e. The highest BCUT2D eigenvalue weighted by molar-refractivity contribution is 7.13. The predicted molar refractivity (Wildman–Crippen MR) is 42.4 cm³/mol. The minimum absolute atomic E-state index is 0.0144. The van der Waals surface area contributed by atoms with Crippen molar-refractivity contribution in [1.29, 1.82) is 0 Å². The fourth-order valence-corrected chi connectivity index (χ4v) is 1.63. The summed E-state index contributed by atoms with van der Waals surface area (Å²) in [6, 6.07) is 7.54. The maximum atomic E-state index is 10.9. The van der Waals surface area contributed by atoms with Crippen LogP contribution in [0.2, 0.25) is 0 Å². The zero-order valence-electron chi connectivity index (χ0n) is 5.13. The van der Waals surface area contributed by atoms with Crippen LogP contribution in [0.25, 0.3) is 10.1 Å². The summed E-state index contributed by atoms with van der Waals surface area (Å²) in [7, 11) is 0. The maximum Gasteiger partial charge on any atom is 0.265 e. The van der Waals surface area contributed by atoms with Crippen LogP contribution in [0.1, 0.15) is 0 Å². The molecule has 0 bridgehead atoms. The Balaban J connectivity index is 3.07. The first kappa shape index (κ1) is 5.68. The molecule has 50 valence electrons. The number of nitrogens with one attached hydrogen (secondary N) is 1. The van der Waals surface area contributed by atoms with Gasteiger partial charge in [-0.3, -0.25) is 9.17 Å². The summed E-state index contributed by atoms with van der Waals surface area (Å²) in [6.45, 7) is 0. The Morgan fingerprint density at radius 3 is 3.00 bits per heavy atom. The highest BCUT2D eigenvalue weighted by Gasteiger charge is 1.96. The van der Waals surface area contributed by atoms with Gasteiger partial charge in [-0.2, -0.15) is 0 Å². The van der Waals surface area contributed by atoms with Gasteiger partial charge in [-0.1, -0.05) is 23.7 Å². The molecule has 1 aromatic heterocycles. The molecular weight excluding hydrogens is 148 g/mol. The highest BCUT2D eigenvalue weighted by Crippen LogP contribution is 2.11. The van der Waals surface area contributed by atoms with Gasteiger partial charge in [0.15, 0.2) is 0 Å². The van der Waals surface area contributed by atoms with Crippen LogP contribution in [0, 0.1) is 0 Å². The highest BCUT2D eigenvalue weighted by atomic mass is 32.1. The number of hydrogen-bond acceptors (Lipinski definition) is 2. The van der Waals surface area contributed by atoms with E-state index in [1.165, 1.54) is 11.5 Å². The Hall–Kier alpha value is -1.09. The topological polar surface area (TPSA) is 32.9 Å². The van der Waals surface area contributed by atoms with Crippen molar-refractivity contribution in [3.05, 3.63) is 34.6 Å². The van der Waals surface area contributed by atoms with Crippen LogP contribution in [0.4, 0.5) is 0 Å². The Morgan fingerprint density at radius 1 is 1.40 bits per heavy atom. The first-order chi connectivity index (χ1) is 4.88. The second-order valence-electron chi connectivity index (χ2n) is 2.03. The molecule has 0 saturated carbocycles. The van der Waals surface area contributed by atoms with Gasteiger partial charge >= 0.3 is 0 Å². The second kappa shape index (κ2) is 1.95. The van der Waals surface area contributed by atoms with E-state index in [9.17, 15) is 4.79 Å². The molecule has 3 heteroatoms. The molecule has 0 amide bonds. The van der Waals surface area contributed by atoms with Crippen molar-refractivity contribution in [3.8, 4) is 0 Å². The molecule has 0 fully saturated rings. The maximum absolute atomic E-state index is 10.9. The molecule has 0 spiro atoms. The first-order valence-corrected chi connectivity index (χ1v) is 3.76. The normalized spacial score (nSPS) is 10.4. The van der Waals surface area contributed by atoms with E-state index in [0.717, 1.165) is 10.1 Å². The van der Waals surface area contributed by atoms with Gasteiger partial charge in [0.05, 0.1) is 10.1 Å². The number of H-pyrrole nitrogens is 1. The molecular formula is C7H5NOS. The van der Waals surface area contributed by atoms with Crippen molar-refractivity contribution in [2.75, 3.05) is 0 Å². The monoisotopic (exact) mass is 153 g/mol. The molecule has 0 aliphatic heterocycles. The van der Waals surface area contributed by atoms with Crippen molar-refractivity contribution in [3.63, 3.8) is 0 Å². The SMILES string of the molecule is O=[14c]1[nH]sc2ccccc21. The van der Waals surface area contributed by atoms with E-state index < -0.39 is 0 Å². The van der Waals surface area contributed by atoms with Crippen LogP contribution in [-0.2, 0) is 0 Å². The number of aromatic amines is 1. The summed E-state index contributed by atoms with van der Waals surface area (Å²) >= 11 is 1.38. The summed E-state index contributed by atoms with van der Waals surface area (Å²) in [4.78, 5) is 10.9. The van der Waals surface area contributed by atoms with E-state index in [2.05, 4.69) is 4.37 Å². The number of aromatic nitrogens is 1. The lowest BCUT2D eigenvalue weighted by molar-refractivity contribution is 1.46. The van der Waals surface area contributed by atoms with Crippen LogP contribution in [0.5, 0.6) is 0 Å². The smallest absolute Gasteiger partial charge is 0.265 e. The van der Waals surface area contributed by atoms with Crippen LogP contribution in [0.3, 0.4) is 0 Å². The molecule has 2 nitrogen and oxygen atoms in total. The molecule has 2 aromatic rings. The predicted octanol–water partition coefficient (Wildman–Crippen LogP) is 1.59. The van der Waals surface area contributed by atoms with Crippen LogP contribution in [0.15, 0.2) is 29.1 Å². The number of rotatable bonds is 0. The van der Waals surface area contributed by atoms with Crippen molar-refractivity contribution in [2.45, 2.75) is 0 Å². The van der Waals surface area contributed by atoms with Gasteiger partial charge in [0.2, 0.25) is 0 Å². The van der Waals surface area contributed by atoms with Gasteiger partial charge < -0.3 is 0 Å². The molecule has 1 aromatic carbocycles. The minimum Gasteiger partial charge on any atom is -0.277 e. The van der Waals surface area contributed by atoms with E-state index in [4.69, 9.17) is 0 Å². The third-order valence-corrected chi connectivity index (χ3v) is 2.25. The Kier molecular flexibility index (Phi) is 1.11. The molecule has 10 heavy (non-hydrogen) atoms. The molecule has 0 radical (unpaired) electrons. The van der Waals surface area contributed by atoms with Gasteiger partial charge in [-0.15, -0.1) is 0 Å². The average molecular weight is 153 g/mol. The van der Waals surface area contributed by atoms with Gasteiger partial charge in [0.1, 0.15) is 0 Å². The van der Waals surface area contributed by atoms with Crippen molar-refractivity contribution in [2.24, 2.45) is 0 Å². The lowest BCUT2D eigenvalue weighted by Gasteiger charge is -1.79. The number of benzene rings is 1. The average Bonchev–Trinajstić information content (AvgIpc) is 2.34. The minimum atomic E-state index is 0.0144. The molecule has 2 rings (SSSR count). The summed E-state index contributed by atoms with van der Waals surface area (Å²) in [6.07, 6.45) is 0. The summed E-state index contributed by atoms with van der Waals surface area (Å²) < 4.78 is 3.68. The quantitative estimate of drug-likeness (QED) is 0.612. The van der Waals surface area contributed by atoms with Gasteiger partial charge in [-0.25, -0.2) is 0 Å². The lowest BCUT2D eigenvalue weighted by Crippen LogP contribution is -1.94. The zero-order valence-corrected chi connectivity index (χ0v) is 5.94. The molecule has 1 heterocycles. The number of hydrogen-bond donors (Lipinski definition) is 1. The molecule has 0 saturated heterocycles. The van der Waals surface area contributed by atoms with Crippen molar-refractivity contribution >= 4 is 21.6 Å². The molecule has 0 aliphatic carbocycles. The molecule has 0 unspecified atom stereocenters. The third-order valence-electron chi connectivity index (χ3n) is 1.39. The summed E-state index contributed by atoms with van der Waals surface area (Å²) in [5.41, 5.74) is 0.0144. The molecule has 1 N–H and O–H groups in total. The summed E-state index contributed by atoms with van der Waals surface area (Å²) in [5, 5.41) is 0.785. The van der Waals surface area contributed by atoms with E-state index in [1.54, 1.807) is 0 Å². The van der Waals surface area contributed by atoms with E-state index in [0.29, 0.717) is 0 Å². The van der Waals surface area contributed by atoms with Gasteiger partial charge in [0, 0.05) is 0 Å². The Morgan fingerprint density at radius 2 is 2.20 bits per heavy atom. The molecule has 0 atom stereocenters. The van der Waals surface area contributed by atoms with E-state index in [-0.39, 0.29) is 5.56 Å². The fraction of sp³-hybridized carbons (Fsp3) is 0. The Labute approximate surface area is 61.3 Å². The first-order valence-electron chi connectivity index (χ1n) is 2.94. The van der Waals surface area contributed by atoms with Crippen molar-refractivity contribution in [1.82, 2.24) is 4.37 Å². The fourth-order valence-electron chi connectivity index (χ4n) is 0.900. The van der Waals surface area contributed by atoms with Crippen molar-refractivity contribution < 1.29 is 0 Å². The molecule has 0 aliphatic rings. The van der Waals surface area contributed by atoms with E-state index >= 15 is 0 Å². The Bertz CT molecular complexity index is 401. The van der Waals surface area contributed by atoms with E-state index in [1.807, 2.05) is 24.3 Å². The van der Waals surface area contributed by atoms with Crippen LogP contribution >= 0.6 is 11.5 Å².